The zero-order valence-corrected chi connectivity index (χ0v) is 18.2. The molecular weight excluding hydrogens is 444 g/mol. The van der Waals surface area contributed by atoms with Gasteiger partial charge in [0.15, 0.2) is 17.3 Å². The van der Waals surface area contributed by atoms with Gasteiger partial charge in [-0.1, -0.05) is 0 Å². The second-order valence-electron chi connectivity index (χ2n) is 7.94. The first kappa shape index (κ1) is 21.4. The highest BCUT2D eigenvalue weighted by molar-refractivity contribution is 6.00. The largest absolute Gasteiger partial charge is 0.451 e. The van der Waals surface area contributed by atoms with Crippen LogP contribution in [0.4, 0.5) is 8.78 Å². The Bertz CT molecular complexity index is 1650. The van der Waals surface area contributed by atoms with E-state index in [-0.39, 0.29) is 17.1 Å². The minimum absolute atomic E-state index is 0.180. The number of aryl methyl sites for hydroxylation is 1. The number of nitrogens with zero attached hydrogens (tertiary/aromatic N) is 3. The molecule has 10 heteroatoms. The van der Waals surface area contributed by atoms with Crippen LogP contribution in [-0.4, -0.2) is 25.0 Å². The number of ether oxygens (including phenoxy) is 1. The van der Waals surface area contributed by atoms with E-state index >= 15 is 0 Å². The van der Waals surface area contributed by atoms with Crippen LogP contribution in [0, 0.1) is 11.6 Å². The maximum Gasteiger partial charge on any atom is 0.274 e. The molecule has 0 aliphatic heterocycles. The first-order valence-electron chi connectivity index (χ1n) is 10.3. The fourth-order valence-corrected chi connectivity index (χ4v) is 3.99. The van der Waals surface area contributed by atoms with E-state index < -0.39 is 23.6 Å². The smallest absolute Gasteiger partial charge is 0.274 e. The number of imidazole rings is 1. The van der Waals surface area contributed by atoms with Crippen molar-refractivity contribution in [3.63, 3.8) is 0 Å². The minimum Gasteiger partial charge on any atom is -0.451 e. The summed E-state index contributed by atoms with van der Waals surface area (Å²) in [4.78, 5) is 31.7. The van der Waals surface area contributed by atoms with Crippen molar-refractivity contribution in [3.05, 3.63) is 77.1 Å². The number of nitrogens with two attached hydrogens (primary N) is 1. The van der Waals surface area contributed by atoms with Crippen LogP contribution in [0.5, 0.6) is 11.5 Å². The fourth-order valence-electron chi connectivity index (χ4n) is 3.99. The Hall–Kier alpha value is -4.47. The van der Waals surface area contributed by atoms with Crippen molar-refractivity contribution < 1.29 is 18.3 Å². The number of halogens is 2. The summed E-state index contributed by atoms with van der Waals surface area (Å²) in [7, 11) is 1.62. The number of carbonyl (C=O) groups excluding carboxylic acids is 1. The van der Waals surface area contributed by atoms with E-state index in [2.05, 4.69) is 9.97 Å². The molecule has 0 fully saturated rings. The van der Waals surface area contributed by atoms with Gasteiger partial charge in [-0.15, -0.1) is 0 Å². The molecule has 3 heterocycles. The molecule has 8 nitrogen and oxygen atoms in total. The third-order valence-electron chi connectivity index (χ3n) is 5.82. The summed E-state index contributed by atoms with van der Waals surface area (Å²) < 4.78 is 37.0. The van der Waals surface area contributed by atoms with E-state index in [0.29, 0.717) is 33.1 Å². The molecule has 1 atom stereocenters. The Balaban J connectivity index is 1.81. The number of aromatic nitrogens is 4. The van der Waals surface area contributed by atoms with Crippen molar-refractivity contribution in [1.82, 2.24) is 19.1 Å². The van der Waals surface area contributed by atoms with E-state index in [1.807, 2.05) is 0 Å². The van der Waals surface area contributed by atoms with Crippen LogP contribution in [0.25, 0.3) is 33.1 Å². The number of amides is 1. The Morgan fingerprint density at radius 2 is 1.97 bits per heavy atom. The van der Waals surface area contributed by atoms with Gasteiger partial charge in [-0.25, -0.2) is 13.8 Å². The molecule has 0 aliphatic rings. The monoisotopic (exact) mass is 463 g/mol. The van der Waals surface area contributed by atoms with Crippen LogP contribution in [0.3, 0.4) is 0 Å². The summed E-state index contributed by atoms with van der Waals surface area (Å²) in [5.41, 5.74) is 7.69. The SMILES string of the molecule is CC(C(N)=O)n1cnc2c(Oc3ccc(F)cc3F)c(-c3cn(C)c(=O)c4[nH]ccc34)ccc21. The molecule has 5 aromatic rings. The summed E-state index contributed by atoms with van der Waals surface area (Å²) in [5, 5.41) is 0.636. The second kappa shape index (κ2) is 7.84. The number of hydrogen-bond donors (Lipinski definition) is 2. The lowest BCUT2D eigenvalue weighted by molar-refractivity contribution is -0.120. The molecule has 1 amide bonds. The van der Waals surface area contributed by atoms with Gasteiger partial charge in [0.05, 0.1) is 11.8 Å². The third kappa shape index (κ3) is 3.31. The Morgan fingerprint density at radius 3 is 2.71 bits per heavy atom. The van der Waals surface area contributed by atoms with Crippen molar-refractivity contribution in [2.45, 2.75) is 13.0 Å². The van der Waals surface area contributed by atoms with Crippen molar-refractivity contribution >= 4 is 27.8 Å². The van der Waals surface area contributed by atoms with Gasteiger partial charge in [0.2, 0.25) is 5.91 Å². The molecule has 0 radical (unpaired) electrons. The number of aromatic amines is 1. The van der Waals surface area contributed by atoms with Gasteiger partial charge in [0, 0.05) is 42.0 Å². The maximum atomic E-state index is 14.5. The molecule has 0 bridgehead atoms. The molecule has 34 heavy (non-hydrogen) atoms. The predicted molar refractivity (Wildman–Crippen MR) is 123 cm³/mol. The zero-order chi connectivity index (χ0) is 24.1. The molecule has 172 valence electrons. The number of fused-ring (bicyclic) bond motifs is 2. The van der Waals surface area contributed by atoms with Gasteiger partial charge < -0.3 is 24.6 Å². The van der Waals surface area contributed by atoms with E-state index in [1.165, 1.54) is 17.0 Å². The molecule has 2 aromatic carbocycles. The van der Waals surface area contributed by atoms with Crippen molar-refractivity contribution in [2.24, 2.45) is 12.8 Å². The number of H-pyrrole nitrogens is 1. The van der Waals surface area contributed by atoms with Crippen LogP contribution >= 0.6 is 0 Å². The lowest BCUT2D eigenvalue weighted by Gasteiger charge is -2.16. The predicted octanol–water partition coefficient (Wildman–Crippen LogP) is 4.00. The zero-order valence-electron chi connectivity index (χ0n) is 18.2. The van der Waals surface area contributed by atoms with Crippen LogP contribution in [0.15, 0.2) is 59.9 Å². The minimum atomic E-state index is -0.889. The van der Waals surface area contributed by atoms with Crippen LogP contribution < -0.4 is 16.0 Å². The van der Waals surface area contributed by atoms with Gasteiger partial charge in [-0.3, -0.25) is 9.59 Å². The number of carbonyl (C=O) groups is 1. The number of nitrogens with one attached hydrogen (secondary N) is 1. The highest BCUT2D eigenvalue weighted by Crippen LogP contribution is 2.41. The summed E-state index contributed by atoms with van der Waals surface area (Å²) in [6.07, 6.45) is 4.75. The van der Waals surface area contributed by atoms with Gasteiger partial charge in [0.25, 0.3) is 5.56 Å². The fraction of sp³-hybridized carbons (Fsp3) is 0.125. The molecule has 0 spiro atoms. The van der Waals surface area contributed by atoms with Crippen LogP contribution in [-0.2, 0) is 11.8 Å². The van der Waals surface area contributed by atoms with Gasteiger partial charge >= 0.3 is 0 Å². The normalized spacial score (nSPS) is 12.4. The van der Waals surface area contributed by atoms with Gasteiger partial charge in [-0.05, 0) is 37.3 Å². The number of pyridine rings is 1. The topological polar surface area (TPSA) is 108 Å². The van der Waals surface area contributed by atoms with Crippen molar-refractivity contribution in [2.75, 3.05) is 0 Å². The Labute approximate surface area is 191 Å². The van der Waals surface area contributed by atoms with Crippen LogP contribution in [0.2, 0.25) is 0 Å². The molecule has 0 saturated carbocycles. The van der Waals surface area contributed by atoms with Crippen LogP contribution in [0.1, 0.15) is 13.0 Å². The molecule has 5 rings (SSSR count). The van der Waals surface area contributed by atoms with E-state index in [9.17, 15) is 18.4 Å². The number of rotatable bonds is 5. The Kier molecular flexibility index (Phi) is 4.93. The quantitative estimate of drug-likeness (QED) is 0.411. The summed E-state index contributed by atoms with van der Waals surface area (Å²) in [6, 6.07) is 7.53. The molecular formula is C24H19F2N5O3. The lowest BCUT2D eigenvalue weighted by atomic mass is 10.0. The van der Waals surface area contributed by atoms with E-state index in [1.54, 1.807) is 49.1 Å². The van der Waals surface area contributed by atoms with Crippen molar-refractivity contribution in [3.8, 4) is 22.6 Å². The average Bonchev–Trinajstić information content (AvgIpc) is 3.45. The molecule has 3 aromatic heterocycles. The lowest BCUT2D eigenvalue weighted by Crippen LogP contribution is -2.23. The van der Waals surface area contributed by atoms with E-state index in [4.69, 9.17) is 10.5 Å². The second-order valence-corrected chi connectivity index (χ2v) is 7.94. The first-order chi connectivity index (χ1) is 16.3. The molecule has 3 N–H and O–H groups in total. The first-order valence-corrected chi connectivity index (χ1v) is 10.3. The third-order valence-corrected chi connectivity index (χ3v) is 5.82. The number of hydrogen-bond acceptors (Lipinski definition) is 4. The molecule has 0 saturated heterocycles. The van der Waals surface area contributed by atoms with Gasteiger partial charge in [0.1, 0.15) is 22.9 Å². The summed E-state index contributed by atoms with van der Waals surface area (Å²) in [6.45, 7) is 1.63. The average molecular weight is 463 g/mol. The highest BCUT2D eigenvalue weighted by Gasteiger charge is 2.22. The molecule has 1 unspecified atom stereocenters. The Morgan fingerprint density at radius 1 is 1.18 bits per heavy atom. The molecule has 0 aliphatic carbocycles. The van der Waals surface area contributed by atoms with Crippen molar-refractivity contribution in [1.29, 1.82) is 0 Å². The van der Waals surface area contributed by atoms with Gasteiger partial charge in [-0.2, -0.15) is 0 Å². The maximum absolute atomic E-state index is 14.5. The standard InChI is InChI=1S/C24H19F2N5O3/c1-12(23(27)32)31-11-29-21-18(31)5-4-15(22(21)34-19-6-3-13(25)9-17(19)26)16-10-30(2)24(33)20-14(16)7-8-28-20/h3-12,28H,1-2H3,(H2,27,32). The summed E-state index contributed by atoms with van der Waals surface area (Å²) >= 11 is 0. The number of primary amides is 1. The summed E-state index contributed by atoms with van der Waals surface area (Å²) in [5.74, 6) is -2.21. The van der Waals surface area contributed by atoms with E-state index in [0.717, 1.165) is 12.1 Å². The number of benzene rings is 2. The highest BCUT2D eigenvalue weighted by atomic mass is 19.1.